The van der Waals surface area contributed by atoms with Gasteiger partial charge >= 0.3 is 6.98 Å². The molecule has 3 heteroatoms. The summed E-state index contributed by atoms with van der Waals surface area (Å²) in [6, 6.07) is 43.1. The summed E-state index contributed by atoms with van der Waals surface area (Å²) in [6.45, 7) is 8.11. The minimum Gasteiger partial charge on any atom is -0.405 e. The van der Waals surface area contributed by atoms with Crippen LogP contribution in [0.2, 0.25) is 0 Å². The van der Waals surface area contributed by atoms with Gasteiger partial charge in [-0.15, -0.1) is 0 Å². The summed E-state index contributed by atoms with van der Waals surface area (Å²) >= 11 is 0. The zero-order valence-electron chi connectivity index (χ0n) is 28.4. The number of fused-ring (bicyclic) bond motifs is 6. The SMILES string of the molecule is CCCCCc1c(C)c2c(c(C)c1B1Nc3cccc4cccc(c34)N1Cc1ccccc1)CC1(C2)c2ccccc2-c2ccccc21. The Morgan fingerprint density at radius 3 is 2.04 bits per heavy atom. The first-order valence-corrected chi connectivity index (χ1v) is 18.0. The quantitative estimate of drug-likeness (QED) is 0.141. The highest BCUT2D eigenvalue weighted by Crippen LogP contribution is 2.56. The molecular weight excluding hydrogens is 579 g/mol. The molecule has 236 valence electrons. The summed E-state index contributed by atoms with van der Waals surface area (Å²) in [5, 5.41) is 6.77. The lowest BCUT2D eigenvalue weighted by Gasteiger charge is -2.40. The Hall–Kier alpha value is -4.76. The van der Waals surface area contributed by atoms with Gasteiger partial charge in [0.25, 0.3) is 0 Å². The summed E-state index contributed by atoms with van der Waals surface area (Å²) in [5.41, 5.74) is 19.0. The number of hydrogen-bond acceptors (Lipinski definition) is 2. The van der Waals surface area contributed by atoms with Crippen LogP contribution in [0, 0.1) is 13.8 Å². The minimum atomic E-state index is -0.00767. The van der Waals surface area contributed by atoms with Crippen molar-refractivity contribution in [3.8, 4) is 11.1 Å². The first kappa shape index (κ1) is 29.4. The van der Waals surface area contributed by atoms with Gasteiger partial charge in [-0.1, -0.05) is 123 Å². The Labute approximate surface area is 286 Å². The van der Waals surface area contributed by atoms with Gasteiger partial charge in [-0.2, -0.15) is 0 Å². The van der Waals surface area contributed by atoms with Gasteiger partial charge in [0, 0.05) is 28.7 Å². The second-order valence-corrected chi connectivity index (χ2v) is 14.4. The van der Waals surface area contributed by atoms with E-state index >= 15 is 0 Å². The maximum atomic E-state index is 4.16. The van der Waals surface area contributed by atoms with Crippen LogP contribution in [0.5, 0.6) is 0 Å². The van der Waals surface area contributed by atoms with Crippen LogP contribution >= 0.6 is 0 Å². The molecule has 0 saturated heterocycles. The maximum Gasteiger partial charge on any atom is 0.409 e. The Morgan fingerprint density at radius 1 is 0.688 bits per heavy atom. The highest BCUT2D eigenvalue weighted by Gasteiger charge is 2.49. The molecule has 0 fully saturated rings. The standard InChI is InChI=1S/C45H43BN2/c1-4-5-7-20-34-30(2)37-27-45(39-23-12-10-21-35(39)36-22-11-13-24-40(36)45)28-38(37)31(3)44(34)46-47-41-25-14-18-33-19-15-26-42(43(33)41)48(46)29-32-16-8-6-9-17-32/h6,8-19,21-26,47H,4-5,7,20,27-29H2,1-3H3. The molecule has 6 aromatic carbocycles. The summed E-state index contributed by atoms with van der Waals surface area (Å²) in [5.74, 6) is 0. The molecule has 0 saturated carbocycles. The molecular formula is C45H43BN2. The molecule has 1 spiro atoms. The molecule has 6 aromatic rings. The fraction of sp³-hybridized carbons (Fsp3) is 0.244. The smallest absolute Gasteiger partial charge is 0.405 e. The summed E-state index contributed by atoms with van der Waals surface area (Å²) in [7, 11) is 0. The van der Waals surface area contributed by atoms with Crippen molar-refractivity contribution in [1.82, 2.24) is 0 Å². The van der Waals surface area contributed by atoms with E-state index in [4.69, 9.17) is 0 Å². The van der Waals surface area contributed by atoms with Crippen molar-refractivity contribution in [2.75, 3.05) is 10.0 Å². The third-order valence-corrected chi connectivity index (χ3v) is 11.9. The molecule has 0 atom stereocenters. The number of nitrogens with one attached hydrogen (secondary N) is 1. The van der Waals surface area contributed by atoms with Gasteiger partial charge in [0.15, 0.2) is 0 Å². The van der Waals surface area contributed by atoms with Crippen molar-refractivity contribution in [2.24, 2.45) is 0 Å². The highest BCUT2D eigenvalue weighted by atomic mass is 15.2. The van der Waals surface area contributed by atoms with E-state index in [-0.39, 0.29) is 12.4 Å². The molecule has 2 aliphatic carbocycles. The van der Waals surface area contributed by atoms with Crippen molar-refractivity contribution in [3.63, 3.8) is 0 Å². The van der Waals surface area contributed by atoms with Gasteiger partial charge in [0.2, 0.25) is 0 Å². The Bertz CT molecular complexity index is 2150. The molecule has 0 aromatic heterocycles. The summed E-state index contributed by atoms with van der Waals surface area (Å²) in [4.78, 5) is 2.66. The Balaban J connectivity index is 1.25. The predicted octanol–water partition coefficient (Wildman–Crippen LogP) is 10.1. The molecule has 3 aliphatic rings. The van der Waals surface area contributed by atoms with Crippen LogP contribution in [0.25, 0.3) is 21.9 Å². The van der Waals surface area contributed by atoms with Gasteiger partial charge < -0.3 is 10.0 Å². The number of hydrogen-bond donors (Lipinski definition) is 1. The number of benzene rings is 6. The summed E-state index contributed by atoms with van der Waals surface area (Å²) < 4.78 is 0. The first-order valence-electron chi connectivity index (χ1n) is 18.0. The van der Waals surface area contributed by atoms with E-state index in [0.29, 0.717) is 0 Å². The van der Waals surface area contributed by atoms with E-state index in [1.165, 1.54) is 85.8 Å². The molecule has 0 bridgehead atoms. The highest BCUT2D eigenvalue weighted by molar-refractivity contribution is 6.81. The normalized spacial score (nSPS) is 15.1. The van der Waals surface area contributed by atoms with Crippen LogP contribution in [-0.2, 0) is 31.2 Å². The zero-order valence-corrected chi connectivity index (χ0v) is 28.4. The van der Waals surface area contributed by atoms with Crippen molar-refractivity contribution >= 4 is 34.6 Å². The number of anilines is 2. The fourth-order valence-corrected chi connectivity index (χ4v) is 9.64. The molecule has 9 rings (SSSR count). The molecule has 0 unspecified atom stereocenters. The Morgan fingerprint density at radius 2 is 1.33 bits per heavy atom. The average molecular weight is 623 g/mol. The van der Waals surface area contributed by atoms with Crippen molar-refractivity contribution in [1.29, 1.82) is 0 Å². The third-order valence-electron chi connectivity index (χ3n) is 11.9. The van der Waals surface area contributed by atoms with Gasteiger partial charge in [-0.3, -0.25) is 0 Å². The number of unbranched alkanes of at least 4 members (excludes halogenated alkanes) is 2. The van der Waals surface area contributed by atoms with Crippen LogP contribution in [0.1, 0.15) is 70.7 Å². The van der Waals surface area contributed by atoms with E-state index in [1.54, 1.807) is 16.7 Å². The lowest BCUT2D eigenvalue weighted by atomic mass is 9.58. The van der Waals surface area contributed by atoms with E-state index in [9.17, 15) is 0 Å². The molecule has 1 aliphatic heterocycles. The zero-order chi connectivity index (χ0) is 32.4. The lowest BCUT2D eigenvalue weighted by molar-refractivity contribution is 0.562. The summed E-state index contributed by atoms with van der Waals surface area (Å²) in [6.07, 6.45) is 6.96. The van der Waals surface area contributed by atoms with Gasteiger partial charge in [-0.05, 0) is 118 Å². The average Bonchev–Trinajstić information content (AvgIpc) is 3.66. The van der Waals surface area contributed by atoms with Crippen molar-refractivity contribution < 1.29 is 0 Å². The van der Waals surface area contributed by atoms with Crippen LogP contribution in [0.4, 0.5) is 11.4 Å². The second kappa shape index (κ2) is 11.4. The lowest BCUT2D eigenvalue weighted by Crippen LogP contribution is -2.58. The van der Waals surface area contributed by atoms with Gasteiger partial charge in [0.05, 0.1) is 0 Å². The topological polar surface area (TPSA) is 15.3 Å². The van der Waals surface area contributed by atoms with Gasteiger partial charge in [0.1, 0.15) is 0 Å². The van der Waals surface area contributed by atoms with E-state index < -0.39 is 0 Å². The molecule has 2 nitrogen and oxygen atoms in total. The number of rotatable bonds is 7. The van der Waals surface area contributed by atoms with E-state index in [1.807, 2.05) is 0 Å². The monoisotopic (exact) mass is 622 g/mol. The predicted molar refractivity (Wildman–Crippen MR) is 205 cm³/mol. The molecule has 1 N–H and O–H groups in total. The largest absolute Gasteiger partial charge is 0.409 e. The minimum absolute atomic E-state index is 0.00767. The van der Waals surface area contributed by atoms with Crippen LogP contribution in [-0.4, -0.2) is 6.98 Å². The van der Waals surface area contributed by atoms with E-state index in [2.05, 4.69) is 146 Å². The maximum absolute atomic E-state index is 4.16. The van der Waals surface area contributed by atoms with E-state index in [0.717, 1.165) is 25.8 Å². The second-order valence-electron chi connectivity index (χ2n) is 14.4. The molecule has 0 radical (unpaired) electrons. The Kier molecular flexibility index (Phi) is 7.01. The van der Waals surface area contributed by atoms with Crippen LogP contribution in [0.3, 0.4) is 0 Å². The third kappa shape index (κ3) is 4.33. The van der Waals surface area contributed by atoms with Crippen LogP contribution < -0.4 is 15.5 Å². The van der Waals surface area contributed by atoms with Crippen molar-refractivity contribution in [2.45, 2.75) is 71.3 Å². The molecule has 1 heterocycles. The van der Waals surface area contributed by atoms with Gasteiger partial charge in [-0.25, -0.2) is 0 Å². The fourth-order valence-electron chi connectivity index (χ4n) is 9.64. The number of nitrogens with zero attached hydrogens (tertiary/aromatic N) is 1. The van der Waals surface area contributed by atoms with Crippen LogP contribution in [0.15, 0.2) is 115 Å². The van der Waals surface area contributed by atoms with Crippen molar-refractivity contribution in [3.05, 3.63) is 160 Å². The first-order chi connectivity index (χ1) is 23.6. The molecule has 0 amide bonds. The molecule has 48 heavy (non-hydrogen) atoms.